The van der Waals surface area contributed by atoms with Gasteiger partial charge >= 0.3 is 0 Å². The van der Waals surface area contributed by atoms with Gasteiger partial charge in [-0.3, -0.25) is 15.2 Å². The van der Waals surface area contributed by atoms with Crippen LogP contribution in [0.1, 0.15) is 25.7 Å². The summed E-state index contributed by atoms with van der Waals surface area (Å²) in [6.07, 6.45) is 6.37. The summed E-state index contributed by atoms with van der Waals surface area (Å²) in [5.41, 5.74) is 7.93. The number of carbonyl (C=O) groups is 1. The molecule has 1 aliphatic heterocycles. The zero-order valence-electron chi connectivity index (χ0n) is 13.7. The Bertz CT molecular complexity index is 764. The summed E-state index contributed by atoms with van der Waals surface area (Å²) < 4.78 is 5.35. The molecule has 0 radical (unpaired) electrons. The second-order valence-electron chi connectivity index (χ2n) is 6.56. The van der Waals surface area contributed by atoms with Crippen LogP contribution in [0.5, 0.6) is 5.75 Å². The summed E-state index contributed by atoms with van der Waals surface area (Å²) in [7, 11) is 1.62. The van der Waals surface area contributed by atoms with Crippen molar-refractivity contribution in [2.45, 2.75) is 37.8 Å². The standard InChI is InChI=1S/C18H22N4O2/c1-24-12-9-11-5-4-8-19-16(11)15(10-12)20-18(23)17-13-6-2-3-7-14(13)21-22-17/h4-5,8-10,13-14,17,21-22H,2-3,6-7H2,1H3,(H,20,23). The maximum absolute atomic E-state index is 12.8. The number of fused-ring (bicyclic) bond motifs is 2. The largest absolute Gasteiger partial charge is 0.497 e. The first kappa shape index (κ1) is 15.4. The van der Waals surface area contributed by atoms with E-state index < -0.39 is 0 Å². The molecule has 2 heterocycles. The third kappa shape index (κ3) is 2.72. The summed E-state index contributed by atoms with van der Waals surface area (Å²) >= 11 is 0. The number of anilines is 1. The summed E-state index contributed by atoms with van der Waals surface area (Å²) in [5, 5.41) is 4.00. The third-order valence-corrected chi connectivity index (χ3v) is 5.13. The SMILES string of the molecule is COc1cc(NC(=O)C2NNC3CCCCC32)c2ncccc2c1. The lowest BCUT2D eigenvalue weighted by atomic mass is 9.81. The number of rotatable bonds is 3. The van der Waals surface area contributed by atoms with E-state index in [2.05, 4.69) is 21.2 Å². The maximum atomic E-state index is 12.8. The van der Waals surface area contributed by atoms with Crippen LogP contribution in [0.3, 0.4) is 0 Å². The zero-order valence-corrected chi connectivity index (χ0v) is 13.7. The Morgan fingerprint density at radius 1 is 1.29 bits per heavy atom. The van der Waals surface area contributed by atoms with E-state index in [1.807, 2.05) is 24.3 Å². The van der Waals surface area contributed by atoms with Gasteiger partial charge < -0.3 is 10.1 Å². The maximum Gasteiger partial charge on any atom is 0.243 e. The number of pyridine rings is 1. The highest BCUT2D eigenvalue weighted by Crippen LogP contribution is 2.32. The second-order valence-corrected chi connectivity index (χ2v) is 6.56. The molecule has 1 aliphatic carbocycles. The summed E-state index contributed by atoms with van der Waals surface area (Å²) in [4.78, 5) is 17.2. The van der Waals surface area contributed by atoms with Crippen molar-refractivity contribution >= 4 is 22.5 Å². The molecule has 3 atom stereocenters. The van der Waals surface area contributed by atoms with Gasteiger partial charge in [-0.05, 0) is 25.0 Å². The minimum Gasteiger partial charge on any atom is -0.497 e. The molecule has 126 valence electrons. The monoisotopic (exact) mass is 326 g/mol. The van der Waals surface area contributed by atoms with Gasteiger partial charge in [0, 0.05) is 29.6 Å². The van der Waals surface area contributed by atoms with Crippen molar-refractivity contribution in [1.29, 1.82) is 0 Å². The predicted molar refractivity (Wildman–Crippen MR) is 92.7 cm³/mol. The van der Waals surface area contributed by atoms with Crippen molar-refractivity contribution in [3.63, 3.8) is 0 Å². The number of benzene rings is 1. The molecule has 2 aromatic rings. The Morgan fingerprint density at radius 2 is 2.17 bits per heavy atom. The van der Waals surface area contributed by atoms with Gasteiger partial charge in [-0.25, -0.2) is 5.43 Å². The highest BCUT2D eigenvalue weighted by Gasteiger charge is 2.41. The lowest BCUT2D eigenvalue weighted by Gasteiger charge is -2.26. The first-order valence-corrected chi connectivity index (χ1v) is 8.51. The van der Waals surface area contributed by atoms with Crippen LogP contribution in [-0.2, 0) is 4.79 Å². The molecule has 1 saturated carbocycles. The normalized spacial score (nSPS) is 26.1. The van der Waals surface area contributed by atoms with Gasteiger partial charge in [0.2, 0.25) is 5.91 Å². The molecular formula is C18H22N4O2. The smallest absolute Gasteiger partial charge is 0.243 e. The Hall–Kier alpha value is -2.18. The van der Waals surface area contributed by atoms with E-state index in [1.54, 1.807) is 13.3 Å². The van der Waals surface area contributed by atoms with Crippen LogP contribution in [-0.4, -0.2) is 30.1 Å². The van der Waals surface area contributed by atoms with Crippen LogP contribution < -0.4 is 20.9 Å². The van der Waals surface area contributed by atoms with Crippen molar-refractivity contribution in [1.82, 2.24) is 15.8 Å². The van der Waals surface area contributed by atoms with Crippen molar-refractivity contribution in [3.05, 3.63) is 30.5 Å². The Morgan fingerprint density at radius 3 is 3.04 bits per heavy atom. The molecule has 24 heavy (non-hydrogen) atoms. The number of hydrazine groups is 1. The lowest BCUT2D eigenvalue weighted by molar-refractivity contribution is -0.118. The topological polar surface area (TPSA) is 75.3 Å². The van der Waals surface area contributed by atoms with E-state index in [9.17, 15) is 4.79 Å². The number of methoxy groups -OCH3 is 1. The summed E-state index contributed by atoms with van der Waals surface area (Å²) in [6, 6.07) is 7.78. The molecule has 0 bridgehead atoms. The third-order valence-electron chi connectivity index (χ3n) is 5.13. The molecule has 1 aromatic heterocycles. The quantitative estimate of drug-likeness (QED) is 0.806. The molecule has 3 unspecified atom stereocenters. The van der Waals surface area contributed by atoms with Crippen LogP contribution >= 0.6 is 0 Å². The van der Waals surface area contributed by atoms with E-state index >= 15 is 0 Å². The minimum atomic E-state index is -0.208. The van der Waals surface area contributed by atoms with Gasteiger partial charge in [-0.2, -0.15) is 0 Å². The summed E-state index contributed by atoms with van der Waals surface area (Å²) in [6.45, 7) is 0. The predicted octanol–water partition coefficient (Wildman–Crippen LogP) is 2.22. The average Bonchev–Trinajstić information content (AvgIpc) is 3.05. The minimum absolute atomic E-state index is 0.0166. The van der Waals surface area contributed by atoms with Crippen molar-refractivity contribution in [2.24, 2.45) is 5.92 Å². The van der Waals surface area contributed by atoms with Crippen LogP contribution in [0, 0.1) is 5.92 Å². The molecular weight excluding hydrogens is 304 g/mol. The molecule has 3 N–H and O–H groups in total. The van der Waals surface area contributed by atoms with E-state index in [4.69, 9.17) is 4.74 Å². The van der Waals surface area contributed by atoms with Gasteiger partial charge in [0.1, 0.15) is 11.8 Å². The van der Waals surface area contributed by atoms with E-state index in [0.717, 1.165) is 23.7 Å². The molecule has 2 aliphatic rings. The lowest BCUT2D eigenvalue weighted by Crippen LogP contribution is -2.42. The first-order chi connectivity index (χ1) is 11.8. The molecule has 1 amide bonds. The van der Waals surface area contributed by atoms with E-state index in [-0.39, 0.29) is 11.9 Å². The molecule has 4 rings (SSSR count). The number of nitrogens with zero attached hydrogens (tertiary/aromatic N) is 1. The number of aromatic nitrogens is 1. The van der Waals surface area contributed by atoms with Gasteiger partial charge in [0.15, 0.2) is 0 Å². The molecule has 2 fully saturated rings. The molecule has 6 heteroatoms. The number of hydrogen-bond donors (Lipinski definition) is 3. The van der Waals surface area contributed by atoms with E-state index in [1.165, 1.54) is 12.8 Å². The highest BCUT2D eigenvalue weighted by atomic mass is 16.5. The van der Waals surface area contributed by atoms with Crippen LogP contribution in [0.15, 0.2) is 30.5 Å². The highest BCUT2D eigenvalue weighted by molar-refractivity contribution is 6.03. The fourth-order valence-corrected chi connectivity index (χ4v) is 3.89. The Labute approximate surface area is 141 Å². The Balaban J connectivity index is 1.60. The molecule has 0 spiro atoms. The molecule has 1 aromatic carbocycles. The van der Waals surface area contributed by atoms with Gasteiger partial charge in [0.25, 0.3) is 0 Å². The average molecular weight is 326 g/mol. The molecule has 6 nitrogen and oxygen atoms in total. The van der Waals surface area contributed by atoms with Gasteiger partial charge in [-0.1, -0.05) is 18.9 Å². The van der Waals surface area contributed by atoms with E-state index in [0.29, 0.717) is 23.4 Å². The zero-order chi connectivity index (χ0) is 16.5. The van der Waals surface area contributed by atoms with Gasteiger partial charge in [-0.15, -0.1) is 0 Å². The van der Waals surface area contributed by atoms with Gasteiger partial charge in [0.05, 0.1) is 18.3 Å². The summed E-state index contributed by atoms with van der Waals surface area (Å²) in [5.74, 6) is 1.04. The fraction of sp³-hybridized carbons (Fsp3) is 0.444. The number of amides is 1. The number of hydrogen-bond acceptors (Lipinski definition) is 5. The number of nitrogens with one attached hydrogen (secondary N) is 3. The van der Waals surface area contributed by atoms with Crippen molar-refractivity contribution < 1.29 is 9.53 Å². The molecule has 1 saturated heterocycles. The van der Waals surface area contributed by atoms with Crippen LogP contribution in [0.4, 0.5) is 5.69 Å². The Kier molecular flexibility index (Phi) is 4.08. The van der Waals surface area contributed by atoms with Crippen LogP contribution in [0.2, 0.25) is 0 Å². The second kappa shape index (κ2) is 6.37. The fourth-order valence-electron chi connectivity index (χ4n) is 3.89. The van der Waals surface area contributed by atoms with Crippen LogP contribution in [0.25, 0.3) is 10.9 Å². The first-order valence-electron chi connectivity index (χ1n) is 8.51. The number of ether oxygens (including phenoxy) is 1. The van der Waals surface area contributed by atoms with Crippen molar-refractivity contribution in [2.75, 3.05) is 12.4 Å². The number of carbonyl (C=O) groups excluding carboxylic acids is 1. The van der Waals surface area contributed by atoms with Crippen molar-refractivity contribution in [3.8, 4) is 5.75 Å².